The molecule has 1 N–H and O–H groups in total. The van der Waals surface area contributed by atoms with E-state index in [4.69, 9.17) is 0 Å². The van der Waals surface area contributed by atoms with Gasteiger partial charge in [-0.05, 0) is 42.9 Å². The van der Waals surface area contributed by atoms with Gasteiger partial charge in [0.2, 0.25) is 5.91 Å². The van der Waals surface area contributed by atoms with Gasteiger partial charge in [0.15, 0.2) is 0 Å². The predicted molar refractivity (Wildman–Crippen MR) is 104 cm³/mol. The van der Waals surface area contributed by atoms with Crippen LogP contribution in [0.3, 0.4) is 0 Å². The topological polar surface area (TPSA) is 49.4 Å². The lowest BCUT2D eigenvalue weighted by Gasteiger charge is -2.27. The minimum atomic E-state index is -0.0692. The van der Waals surface area contributed by atoms with Crippen LogP contribution in [0.4, 0.5) is 5.69 Å². The van der Waals surface area contributed by atoms with Gasteiger partial charge in [-0.2, -0.15) is 0 Å². The van der Waals surface area contributed by atoms with E-state index in [0.29, 0.717) is 17.7 Å². The minimum Gasteiger partial charge on any atom is -0.339 e. The van der Waals surface area contributed by atoms with Gasteiger partial charge in [0.05, 0.1) is 11.3 Å². The zero-order chi connectivity index (χ0) is 18.4. The molecule has 1 aliphatic rings. The van der Waals surface area contributed by atoms with Gasteiger partial charge in [-0.3, -0.25) is 9.59 Å². The number of piperidine rings is 1. The molecule has 1 aliphatic heterocycles. The van der Waals surface area contributed by atoms with E-state index in [1.54, 1.807) is 6.07 Å². The monoisotopic (exact) mass is 350 g/mol. The molecule has 0 bridgehead atoms. The second kappa shape index (κ2) is 8.65. The van der Waals surface area contributed by atoms with Gasteiger partial charge in [-0.15, -0.1) is 0 Å². The first-order valence-electron chi connectivity index (χ1n) is 9.38. The van der Waals surface area contributed by atoms with Crippen LogP contribution in [0, 0.1) is 0 Å². The Labute approximate surface area is 155 Å². The highest BCUT2D eigenvalue weighted by atomic mass is 16.2. The van der Waals surface area contributed by atoms with Gasteiger partial charge in [0, 0.05) is 19.5 Å². The first kappa shape index (κ1) is 18.2. The fourth-order valence-electron chi connectivity index (χ4n) is 3.42. The summed E-state index contributed by atoms with van der Waals surface area (Å²) in [7, 11) is 0. The molecular weight excluding hydrogens is 324 g/mol. The quantitative estimate of drug-likeness (QED) is 0.866. The maximum atomic E-state index is 12.8. The van der Waals surface area contributed by atoms with Crippen LogP contribution in [-0.4, -0.2) is 29.8 Å². The summed E-state index contributed by atoms with van der Waals surface area (Å²) in [4.78, 5) is 27.2. The molecule has 2 aromatic carbocycles. The van der Waals surface area contributed by atoms with Gasteiger partial charge < -0.3 is 10.2 Å². The summed E-state index contributed by atoms with van der Waals surface area (Å²) < 4.78 is 0. The van der Waals surface area contributed by atoms with Crippen LogP contribution < -0.4 is 5.32 Å². The Morgan fingerprint density at radius 2 is 1.62 bits per heavy atom. The maximum Gasteiger partial charge on any atom is 0.255 e. The molecule has 0 spiro atoms. The summed E-state index contributed by atoms with van der Waals surface area (Å²) in [6.45, 7) is 3.64. The van der Waals surface area contributed by atoms with Crippen molar-refractivity contribution in [3.05, 3.63) is 65.7 Å². The van der Waals surface area contributed by atoms with Crippen molar-refractivity contribution >= 4 is 17.5 Å². The van der Waals surface area contributed by atoms with E-state index in [1.165, 1.54) is 6.42 Å². The third kappa shape index (κ3) is 4.51. The van der Waals surface area contributed by atoms with Gasteiger partial charge in [0.1, 0.15) is 0 Å². The number of nitrogens with one attached hydrogen (secondary N) is 1. The average Bonchev–Trinajstić information content (AvgIpc) is 2.69. The molecule has 0 radical (unpaired) electrons. The molecule has 2 amide bonds. The highest BCUT2D eigenvalue weighted by Gasteiger charge is 2.21. The first-order chi connectivity index (χ1) is 12.6. The number of rotatable bonds is 5. The number of carbonyl (C=O) groups is 2. The van der Waals surface area contributed by atoms with Crippen molar-refractivity contribution < 1.29 is 9.59 Å². The van der Waals surface area contributed by atoms with Gasteiger partial charge in [0.25, 0.3) is 5.91 Å². The van der Waals surface area contributed by atoms with Crippen LogP contribution in [0.5, 0.6) is 0 Å². The number of nitrogens with zero attached hydrogens (tertiary/aromatic N) is 1. The summed E-state index contributed by atoms with van der Waals surface area (Å²) in [6.07, 6.45) is 3.67. The van der Waals surface area contributed by atoms with Gasteiger partial charge >= 0.3 is 0 Å². The summed E-state index contributed by atoms with van der Waals surface area (Å²) >= 11 is 0. The zero-order valence-electron chi connectivity index (χ0n) is 15.3. The normalized spacial score (nSPS) is 15.3. The van der Waals surface area contributed by atoms with E-state index < -0.39 is 0 Å². The smallest absolute Gasteiger partial charge is 0.255 e. The fraction of sp³-hybridized carbons (Fsp3) is 0.364. The number of carbonyl (C=O) groups excluding carboxylic acids is 2. The van der Waals surface area contributed by atoms with Crippen LogP contribution >= 0.6 is 0 Å². The highest BCUT2D eigenvalue weighted by Crippen LogP contribution is 2.23. The van der Waals surface area contributed by atoms with Crippen LogP contribution in [-0.2, 0) is 4.79 Å². The molecule has 1 fully saturated rings. The molecule has 1 saturated heterocycles. The summed E-state index contributed by atoms with van der Waals surface area (Å²) in [5.74, 6) is 0.0677. The molecule has 1 heterocycles. The van der Waals surface area contributed by atoms with Crippen molar-refractivity contribution in [1.82, 2.24) is 4.90 Å². The zero-order valence-corrected chi connectivity index (χ0v) is 15.3. The molecule has 0 aromatic heterocycles. The second-order valence-electron chi connectivity index (χ2n) is 6.96. The summed E-state index contributed by atoms with van der Waals surface area (Å²) in [5, 5.41) is 2.94. The number of hydrogen-bond acceptors (Lipinski definition) is 2. The molecule has 4 heteroatoms. The first-order valence-corrected chi connectivity index (χ1v) is 9.38. The average molecular weight is 350 g/mol. The lowest BCUT2D eigenvalue weighted by molar-refractivity contribution is -0.116. The Morgan fingerprint density at radius 3 is 2.35 bits per heavy atom. The van der Waals surface area contributed by atoms with Crippen LogP contribution in [0.25, 0.3) is 0 Å². The Balaban J connectivity index is 1.67. The number of para-hydroxylation sites is 1. The van der Waals surface area contributed by atoms with Crippen molar-refractivity contribution in [1.29, 1.82) is 0 Å². The Hall–Kier alpha value is -2.62. The van der Waals surface area contributed by atoms with Gasteiger partial charge in [-0.25, -0.2) is 0 Å². The summed E-state index contributed by atoms with van der Waals surface area (Å²) in [5.41, 5.74) is 2.32. The maximum absolute atomic E-state index is 12.8. The largest absolute Gasteiger partial charge is 0.339 e. The molecule has 0 aliphatic carbocycles. The molecule has 26 heavy (non-hydrogen) atoms. The van der Waals surface area contributed by atoms with Crippen molar-refractivity contribution in [2.75, 3.05) is 18.4 Å². The van der Waals surface area contributed by atoms with E-state index in [-0.39, 0.29) is 17.7 Å². The molecule has 1 atom stereocenters. The molecular formula is C22H26N2O2. The standard InChI is InChI=1S/C22H26N2O2/c1-17(18-10-4-2-5-11-18)16-21(25)23-20-13-7-6-12-19(20)22(26)24-14-8-3-9-15-24/h2,4-7,10-13,17H,3,8-9,14-16H2,1H3,(H,23,25)/t17-/m1/s1. The van der Waals surface area contributed by atoms with Crippen molar-refractivity contribution in [3.63, 3.8) is 0 Å². The molecule has 2 aromatic rings. The number of benzene rings is 2. The van der Waals surface area contributed by atoms with E-state index in [2.05, 4.69) is 5.32 Å². The van der Waals surface area contributed by atoms with Crippen LogP contribution in [0.2, 0.25) is 0 Å². The van der Waals surface area contributed by atoms with E-state index in [1.807, 2.05) is 60.4 Å². The van der Waals surface area contributed by atoms with Crippen molar-refractivity contribution in [3.8, 4) is 0 Å². The number of anilines is 1. The Morgan fingerprint density at radius 1 is 0.962 bits per heavy atom. The third-order valence-electron chi connectivity index (χ3n) is 4.94. The lowest BCUT2D eigenvalue weighted by Crippen LogP contribution is -2.36. The van der Waals surface area contributed by atoms with Crippen LogP contribution in [0.1, 0.15) is 54.4 Å². The predicted octanol–water partition coefficient (Wildman–Crippen LogP) is 4.45. The van der Waals surface area contributed by atoms with Crippen molar-refractivity contribution in [2.45, 2.75) is 38.5 Å². The third-order valence-corrected chi connectivity index (χ3v) is 4.94. The number of amides is 2. The Bertz CT molecular complexity index is 752. The van der Waals surface area contributed by atoms with Gasteiger partial charge in [-0.1, -0.05) is 49.4 Å². The molecule has 0 unspecified atom stereocenters. The Kier molecular flexibility index (Phi) is 6.05. The van der Waals surface area contributed by atoms with Crippen LogP contribution in [0.15, 0.2) is 54.6 Å². The fourth-order valence-corrected chi connectivity index (χ4v) is 3.42. The minimum absolute atomic E-state index is 0.0108. The molecule has 3 rings (SSSR count). The molecule has 4 nitrogen and oxygen atoms in total. The summed E-state index contributed by atoms with van der Waals surface area (Å²) in [6, 6.07) is 17.3. The highest BCUT2D eigenvalue weighted by molar-refractivity contribution is 6.03. The lowest BCUT2D eigenvalue weighted by atomic mass is 9.97. The number of hydrogen-bond donors (Lipinski definition) is 1. The van der Waals surface area contributed by atoms with E-state index in [0.717, 1.165) is 31.5 Å². The molecule has 0 saturated carbocycles. The second-order valence-corrected chi connectivity index (χ2v) is 6.96. The van der Waals surface area contributed by atoms with E-state index in [9.17, 15) is 9.59 Å². The van der Waals surface area contributed by atoms with Crippen molar-refractivity contribution in [2.24, 2.45) is 0 Å². The molecule has 136 valence electrons. The van der Waals surface area contributed by atoms with E-state index >= 15 is 0 Å². The SMILES string of the molecule is C[C@H](CC(=O)Nc1ccccc1C(=O)N1CCCCC1)c1ccccc1. The number of likely N-dealkylation sites (tertiary alicyclic amines) is 1.